The van der Waals surface area contributed by atoms with Gasteiger partial charge in [-0.2, -0.15) is 0 Å². The van der Waals surface area contributed by atoms with E-state index in [4.69, 9.17) is 4.74 Å². The van der Waals surface area contributed by atoms with Gasteiger partial charge in [0.05, 0.1) is 14.2 Å². The smallest absolute Gasteiger partial charge is 0.305 e. The van der Waals surface area contributed by atoms with E-state index in [2.05, 4.69) is 9.72 Å². The van der Waals surface area contributed by atoms with Crippen molar-refractivity contribution in [2.45, 2.75) is 12.8 Å². The van der Waals surface area contributed by atoms with Gasteiger partial charge in [0.2, 0.25) is 5.88 Å². The Hall–Kier alpha value is -1.58. The standard InChI is InChI=1S/C10H13NO3/c1-13-9(12)6-5-8-4-3-7-11-10(8)14-2/h3-4,7H,5-6H2,1-2H3. The number of rotatable bonds is 4. The quantitative estimate of drug-likeness (QED) is 0.677. The molecule has 0 N–H and O–H groups in total. The lowest BCUT2D eigenvalue weighted by molar-refractivity contribution is -0.140. The third-order valence-electron chi connectivity index (χ3n) is 1.87. The molecule has 76 valence electrons. The highest BCUT2D eigenvalue weighted by molar-refractivity contribution is 5.69. The Labute approximate surface area is 82.9 Å². The molecule has 1 aromatic heterocycles. The van der Waals surface area contributed by atoms with E-state index in [1.165, 1.54) is 7.11 Å². The first-order valence-electron chi connectivity index (χ1n) is 4.32. The van der Waals surface area contributed by atoms with Gasteiger partial charge in [0.1, 0.15) is 0 Å². The first-order valence-corrected chi connectivity index (χ1v) is 4.32. The van der Waals surface area contributed by atoms with Gasteiger partial charge in [-0.05, 0) is 12.5 Å². The minimum Gasteiger partial charge on any atom is -0.481 e. The number of esters is 1. The van der Waals surface area contributed by atoms with Crippen LogP contribution < -0.4 is 4.74 Å². The Morgan fingerprint density at radius 2 is 2.29 bits per heavy atom. The fraction of sp³-hybridized carbons (Fsp3) is 0.400. The van der Waals surface area contributed by atoms with Crippen molar-refractivity contribution in [1.82, 2.24) is 4.98 Å². The minimum absolute atomic E-state index is 0.226. The molecule has 4 nitrogen and oxygen atoms in total. The van der Waals surface area contributed by atoms with Crippen LogP contribution in [0.5, 0.6) is 5.88 Å². The summed E-state index contributed by atoms with van der Waals surface area (Å²) in [6.45, 7) is 0. The van der Waals surface area contributed by atoms with Crippen molar-refractivity contribution in [2.24, 2.45) is 0 Å². The van der Waals surface area contributed by atoms with Gasteiger partial charge >= 0.3 is 5.97 Å². The van der Waals surface area contributed by atoms with Crippen LogP contribution in [0.1, 0.15) is 12.0 Å². The molecule has 0 amide bonds. The predicted octanol–water partition coefficient (Wildman–Crippen LogP) is 1.20. The molecule has 0 spiro atoms. The molecule has 0 aromatic carbocycles. The van der Waals surface area contributed by atoms with Crippen LogP contribution in [0.25, 0.3) is 0 Å². The number of hydrogen-bond donors (Lipinski definition) is 0. The molecule has 4 heteroatoms. The Morgan fingerprint density at radius 3 is 2.93 bits per heavy atom. The highest BCUT2D eigenvalue weighted by atomic mass is 16.5. The summed E-state index contributed by atoms with van der Waals surface area (Å²) in [5.74, 6) is 0.340. The maximum Gasteiger partial charge on any atom is 0.305 e. The lowest BCUT2D eigenvalue weighted by atomic mass is 10.1. The first kappa shape index (κ1) is 10.5. The number of hydrogen-bond acceptors (Lipinski definition) is 4. The fourth-order valence-corrected chi connectivity index (χ4v) is 1.14. The highest BCUT2D eigenvalue weighted by Crippen LogP contribution is 2.15. The van der Waals surface area contributed by atoms with E-state index in [9.17, 15) is 4.79 Å². The van der Waals surface area contributed by atoms with Gasteiger partial charge in [-0.25, -0.2) is 4.98 Å². The lowest BCUT2D eigenvalue weighted by Crippen LogP contribution is -2.03. The number of aryl methyl sites for hydroxylation is 1. The molecule has 0 aliphatic rings. The van der Waals surface area contributed by atoms with Gasteiger partial charge in [0, 0.05) is 18.2 Å². The summed E-state index contributed by atoms with van der Waals surface area (Å²) in [5, 5.41) is 0. The molecule has 0 aliphatic carbocycles. The normalized spacial score (nSPS) is 9.57. The molecule has 0 aliphatic heterocycles. The van der Waals surface area contributed by atoms with Crippen molar-refractivity contribution >= 4 is 5.97 Å². The number of carbonyl (C=O) groups excluding carboxylic acids is 1. The Morgan fingerprint density at radius 1 is 1.50 bits per heavy atom. The molecule has 0 radical (unpaired) electrons. The largest absolute Gasteiger partial charge is 0.481 e. The first-order chi connectivity index (χ1) is 6.77. The molecule has 0 bridgehead atoms. The molecule has 14 heavy (non-hydrogen) atoms. The van der Waals surface area contributed by atoms with E-state index in [1.807, 2.05) is 12.1 Å². The van der Waals surface area contributed by atoms with E-state index in [1.54, 1.807) is 13.3 Å². The third-order valence-corrected chi connectivity index (χ3v) is 1.87. The second-order valence-electron chi connectivity index (χ2n) is 2.75. The topological polar surface area (TPSA) is 48.4 Å². The summed E-state index contributed by atoms with van der Waals surface area (Å²) in [6.07, 6.45) is 2.59. The number of ether oxygens (including phenoxy) is 2. The number of aromatic nitrogens is 1. The van der Waals surface area contributed by atoms with Crippen molar-refractivity contribution in [3.8, 4) is 5.88 Å². The summed E-state index contributed by atoms with van der Waals surface area (Å²) in [6, 6.07) is 3.70. The van der Waals surface area contributed by atoms with E-state index in [-0.39, 0.29) is 5.97 Å². The molecule has 0 fully saturated rings. The van der Waals surface area contributed by atoms with Crippen LogP contribution >= 0.6 is 0 Å². The summed E-state index contributed by atoms with van der Waals surface area (Å²) in [7, 11) is 2.94. The molecular formula is C10H13NO3. The van der Waals surface area contributed by atoms with Gasteiger partial charge in [-0.1, -0.05) is 6.07 Å². The monoisotopic (exact) mass is 195 g/mol. The molecule has 0 atom stereocenters. The number of methoxy groups -OCH3 is 2. The zero-order chi connectivity index (χ0) is 10.4. The Bertz CT molecular complexity index is 312. The summed E-state index contributed by atoms with van der Waals surface area (Å²) in [4.78, 5) is 14.9. The van der Waals surface area contributed by atoms with Crippen LogP contribution in [0.3, 0.4) is 0 Å². The maximum atomic E-state index is 10.9. The van der Waals surface area contributed by atoms with Crippen molar-refractivity contribution in [1.29, 1.82) is 0 Å². The summed E-state index contributed by atoms with van der Waals surface area (Å²) < 4.78 is 9.59. The highest BCUT2D eigenvalue weighted by Gasteiger charge is 2.06. The van der Waals surface area contributed by atoms with E-state index in [0.717, 1.165) is 5.56 Å². The summed E-state index contributed by atoms with van der Waals surface area (Å²) in [5.41, 5.74) is 0.917. The van der Waals surface area contributed by atoms with Gasteiger partial charge < -0.3 is 9.47 Å². The average molecular weight is 195 g/mol. The van der Waals surface area contributed by atoms with Gasteiger partial charge in [0.15, 0.2) is 0 Å². The molecule has 0 unspecified atom stereocenters. The van der Waals surface area contributed by atoms with Crippen LogP contribution in [0.4, 0.5) is 0 Å². The second-order valence-corrected chi connectivity index (χ2v) is 2.75. The molecule has 1 rings (SSSR count). The zero-order valence-electron chi connectivity index (χ0n) is 8.32. The van der Waals surface area contributed by atoms with Gasteiger partial charge in [-0.3, -0.25) is 4.79 Å². The van der Waals surface area contributed by atoms with Crippen molar-refractivity contribution < 1.29 is 14.3 Å². The fourth-order valence-electron chi connectivity index (χ4n) is 1.14. The third kappa shape index (κ3) is 2.73. The van der Waals surface area contributed by atoms with Crippen LogP contribution in [0.2, 0.25) is 0 Å². The SMILES string of the molecule is COC(=O)CCc1cccnc1OC. The molecular weight excluding hydrogens is 182 g/mol. The van der Waals surface area contributed by atoms with E-state index < -0.39 is 0 Å². The predicted molar refractivity (Wildman–Crippen MR) is 51.1 cm³/mol. The zero-order valence-corrected chi connectivity index (χ0v) is 8.32. The Balaban J connectivity index is 2.61. The summed E-state index contributed by atoms with van der Waals surface area (Å²) >= 11 is 0. The van der Waals surface area contributed by atoms with Crippen molar-refractivity contribution in [2.75, 3.05) is 14.2 Å². The molecule has 0 saturated carbocycles. The Kier molecular flexibility index (Phi) is 3.91. The lowest BCUT2D eigenvalue weighted by Gasteiger charge is -2.05. The second kappa shape index (κ2) is 5.21. The van der Waals surface area contributed by atoms with Gasteiger partial charge in [0.25, 0.3) is 0 Å². The molecule has 0 saturated heterocycles. The number of pyridine rings is 1. The molecule has 1 aromatic rings. The van der Waals surface area contributed by atoms with Crippen LogP contribution in [-0.2, 0) is 16.0 Å². The van der Waals surface area contributed by atoms with Crippen LogP contribution in [0, 0.1) is 0 Å². The maximum absolute atomic E-state index is 10.9. The van der Waals surface area contributed by atoms with Crippen LogP contribution in [0.15, 0.2) is 18.3 Å². The van der Waals surface area contributed by atoms with E-state index >= 15 is 0 Å². The minimum atomic E-state index is -0.226. The molecule has 1 heterocycles. The average Bonchev–Trinajstić information content (AvgIpc) is 2.26. The number of nitrogens with zero attached hydrogens (tertiary/aromatic N) is 1. The van der Waals surface area contributed by atoms with Crippen LogP contribution in [-0.4, -0.2) is 25.2 Å². The van der Waals surface area contributed by atoms with Crippen molar-refractivity contribution in [3.63, 3.8) is 0 Å². The van der Waals surface area contributed by atoms with E-state index in [0.29, 0.717) is 18.7 Å². The number of carbonyl (C=O) groups is 1. The van der Waals surface area contributed by atoms with Gasteiger partial charge in [-0.15, -0.1) is 0 Å². The van der Waals surface area contributed by atoms with Crippen molar-refractivity contribution in [3.05, 3.63) is 23.9 Å².